The summed E-state index contributed by atoms with van der Waals surface area (Å²) in [7, 11) is -1.16. The van der Waals surface area contributed by atoms with Crippen molar-refractivity contribution in [1.29, 1.82) is 0 Å². The standard InChI is InChI=1S/C23H34OS/c1-7-8-9-10-15-22(24-25(5,6)23(2,3)4)21-17-16-19-13-11-12-14-20(19)18-21/h7,11-14,16-18,22H,1,8-10,15H2,2-6H3. The average Bonchev–Trinajstić information content (AvgIpc) is 2.56. The van der Waals surface area contributed by atoms with E-state index in [1.807, 2.05) is 6.08 Å². The molecule has 0 spiro atoms. The number of hydrogen-bond donors (Lipinski definition) is 0. The van der Waals surface area contributed by atoms with Crippen LogP contribution >= 0.6 is 10.3 Å². The van der Waals surface area contributed by atoms with Crippen LogP contribution in [-0.4, -0.2) is 17.3 Å². The third-order valence-electron chi connectivity index (χ3n) is 5.10. The molecule has 0 aliphatic carbocycles. The minimum Gasteiger partial charge on any atom is -0.329 e. The van der Waals surface area contributed by atoms with Crippen molar-refractivity contribution in [3.8, 4) is 0 Å². The Morgan fingerprint density at radius 3 is 2.36 bits per heavy atom. The second-order valence-corrected chi connectivity index (χ2v) is 12.0. The lowest BCUT2D eigenvalue weighted by atomic mass is 10.00. The van der Waals surface area contributed by atoms with E-state index in [1.54, 1.807) is 0 Å². The minimum absolute atomic E-state index is 0.165. The summed E-state index contributed by atoms with van der Waals surface area (Å²) in [5.74, 6) is 0. The Balaban J connectivity index is 2.26. The summed E-state index contributed by atoms with van der Waals surface area (Å²) in [6.07, 6.45) is 11.3. The van der Waals surface area contributed by atoms with Crippen molar-refractivity contribution in [2.75, 3.05) is 12.5 Å². The molecule has 0 heterocycles. The molecule has 2 heteroatoms. The third-order valence-corrected chi connectivity index (χ3v) is 8.76. The Morgan fingerprint density at radius 1 is 1.04 bits per heavy atom. The number of hydrogen-bond acceptors (Lipinski definition) is 1. The lowest BCUT2D eigenvalue weighted by molar-refractivity contribution is 0.214. The molecule has 0 saturated heterocycles. The van der Waals surface area contributed by atoms with Crippen LogP contribution in [0.4, 0.5) is 0 Å². The maximum absolute atomic E-state index is 6.78. The van der Waals surface area contributed by atoms with Gasteiger partial charge in [0.1, 0.15) is 0 Å². The zero-order chi connectivity index (χ0) is 18.5. The lowest BCUT2D eigenvalue weighted by Gasteiger charge is -2.46. The van der Waals surface area contributed by atoms with Crippen LogP contribution < -0.4 is 0 Å². The molecule has 2 aromatic rings. The number of fused-ring (bicyclic) bond motifs is 1. The number of unbranched alkanes of at least 4 members (excludes halogenated alkanes) is 2. The van der Waals surface area contributed by atoms with Gasteiger partial charge in [0.2, 0.25) is 0 Å². The Kier molecular flexibility index (Phi) is 6.76. The van der Waals surface area contributed by atoms with Gasteiger partial charge in [-0.3, -0.25) is 0 Å². The fraction of sp³-hybridized carbons (Fsp3) is 0.478. The fourth-order valence-electron chi connectivity index (χ4n) is 2.73. The summed E-state index contributed by atoms with van der Waals surface area (Å²) in [4.78, 5) is 0. The van der Waals surface area contributed by atoms with Crippen LogP contribution in [0.2, 0.25) is 0 Å². The highest BCUT2D eigenvalue weighted by atomic mass is 32.3. The van der Waals surface area contributed by atoms with Gasteiger partial charge in [-0.25, -0.2) is 0 Å². The molecule has 0 fully saturated rings. The molecule has 2 rings (SSSR count). The Labute approximate surface area is 156 Å². The first-order chi connectivity index (χ1) is 11.7. The van der Waals surface area contributed by atoms with E-state index in [1.165, 1.54) is 29.2 Å². The highest BCUT2D eigenvalue weighted by Crippen LogP contribution is 2.57. The molecule has 0 aliphatic heterocycles. The van der Waals surface area contributed by atoms with Crippen LogP contribution in [-0.2, 0) is 4.18 Å². The second-order valence-electron chi connectivity index (χ2n) is 8.11. The van der Waals surface area contributed by atoms with Gasteiger partial charge < -0.3 is 4.18 Å². The van der Waals surface area contributed by atoms with Gasteiger partial charge >= 0.3 is 0 Å². The summed E-state index contributed by atoms with van der Waals surface area (Å²) in [6.45, 7) is 10.7. The molecule has 0 aromatic heterocycles. The zero-order valence-electron chi connectivity index (χ0n) is 16.5. The predicted octanol–water partition coefficient (Wildman–Crippen LogP) is 7.42. The molecule has 138 valence electrons. The number of rotatable bonds is 8. The molecule has 1 unspecified atom stereocenters. The number of allylic oxidation sites excluding steroid dienone is 1. The van der Waals surface area contributed by atoms with E-state index in [2.05, 4.69) is 82.3 Å². The zero-order valence-corrected chi connectivity index (χ0v) is 17.4. The molecule has 0 aliphatic rings. The fourth-order valence-corrected chi connectivity index (χ4v) is 3.81. The summed E-state index contributed by atoms with van der Waals surface area (Å²) >= 11 is 0. The molecular formula is C23H34OS. The van der Waals surface area contributed by atoms with E-state index in [0.717, 1.165) is 12.8 Å². The SMILES string of the molecule is C=CCCCCC(OS(C)(C)C(C)(C)C)c1ccc2ccccc2c1. The van der Waals surface area contributed by atoms with E-state index in [0.29, 0.717) is 0 Å². The monoisotopic (exact) mass is 358 g/mol. The van der Waals surface area contributed by atoms with Crippen LogP contribution in [0.15, 0.2) is 55.1 Å². The maximum atomic E-state index is 6.78. The third kappa shape index (κ3) is 5.36. The van der Waals surface area contributed by atoms with Crippen LogP contribution in [0.1, 0.15) is 58.1 Å². The van der Waals surface area contributed by atoms with Gasteiger partial charge in [0.25, 0.3) is 0 Å². The van der Waals surface area contributed by atoms with Gasteiger partial charge in [-0.05, 0) is 54.2 Å². The Bertz CT molecular complexity index is 697. The first kappa shape index (κ1) is 20.1. The van der Waals surface area contributed by atoms with Crippen LogP contribution in [0, 0.1) is 0 Å². The van der Waals surface area contributed by atoms with Crippen molar-refractivity contribution in [2.45, 2.75) is 57.3 Å². The molecule has 0 bridgehead atoms. The van der Waals surface area contributed by atoms with Crippen LogP contribution in [0.25, 0.3) is 10.8 Å². The molecule has 0 N–H and O–H groups in total. The molecule has 25 heavy (non-hydrogen) atoms. The second kappa shape index (κ2) is 8.42. The molecule has 0 saturated carbocycles. The van der Waals surface area contributed by atoms with Gasteiger partial charge in [-0.15, -0.1) is 16.9 Å². The lowest BCUT2D eigenvalue weighted by Crippen LogP contribution is -2.26. The van der Waals surface area contributed by atoms with Crippen molar-refractivity contribution < 1.29 is 4.18 Å². The highest BCUT2D eigenvalue weighted by molar-refractivity contribution is 8.29. The molecule has 0 radical (unpaired) electrons. The molecule has 1 nitrogen and oxygen atoms in total. The normalized spacial score (nSPS) is 14.4. The first-order valence-corrected chi connectivity index (χ1v) is 11.6. The van der Waals surface area contributed by atoms with E-state index < -0.39 is 10.3 Å². The summed E-state index contributed by atoms with van der Waals surface area (Å²) < 4.78 is 6.94. The summed E-state index contributed by atoms with van der Waals surface area (Å²) in [6, 6.07) is 15.3. The van der Waals surface area contributed by atoms with Gasteiger partial charge in [-0.2, -0.15) is 0 Å². The Morgan fingerprint density at radius 2 is 1.72 bits per heavy atom. The number of benzene rings is 2. The largest absolute Gasteiger partial charge is 0.329 e. The predicted molar refractivity (Wildman–Crippen MR) is 116 cm³/mol. The van der Waals surface area contributed by atoms with Crippen molar-refractivity contribution in [3.05, 3.63) is 60.7 Å². The van der Waals surface area contributed by atoms with E-state index in [4.69, 9.17) is 4.18 Å². The maximum Gasteiger partial charge on any atom is 0.0951 e. The van der Waals surface area contributed by atoms with Crippen LogP contribution in [0.3, 0.4) is 0 Å². The molecule has 2 aromatic carbocycles. The highest BCUT2D eigenvalue weighted by Gasteiger charge is 2.32. The smallest absolute Gasteiger partial charge is 0.0951 e. The van der Waals surface area contributed by atoms with E-state index in [-0.39, 0.29) is 10.9 Å². The van der Waals surface area contributed by atoms with Crippen molar-refractivity contribution in [2.24, 2.45) is 0 Å². The van der Waals surface area contributed by atoms with Gasteiger partial charge in [-0.1, -0.05) is 69.7 Å². The van der Waals surface area contributed by atoms with Crippen molar-refractivity contribution in [1.82, 2.24) is 0 Å². The van der Waals surface area contributed by atoms with Gasteiger partial charge in [0.15, 0.2) is 0 Å². The van der Waals surface area contributed by atoms with Crippen molar-refractivity contribution >= 4 is 21.1 Å². The average molecular weight is 359 g/mol. The molecule has 1 atom stereocenters. The quantitative estimate of drug-likeness (QED) is 0.352. The van der Waals surface area contributed by atoms with Gasteiger partial charge in [0, 0.05) is 4.75 Å². The van der Waals surface area contributed by atoms with Crippen LogP contribution in [0.5, 0.6) is 0 Å². The minimum atomic E-state index is -1.16. The van der Waals surface area contributed by atoms with Gasteiger partial charge in [0.05, 0.1) is 6.10 Å². The summed E-state index contributed by atoms with van der Waals surface area (Å²) in [5, 5.41) is 2.59. The first-order valence-electron chi connectivity index (χ1n) is 9.25. The van der Waals surface area contributed by atoms with E-state index >= 15 is 0 Å². The molecule has 0 amide bonds. The summed E-state index contributed by atoms with van der Waals surface area (Å²) in [5.41, 5.74) is 1.31. The molecular weight excluding hydrogens is 324 g/mol. The topological polar surface area (TPSA) is 9.23 Å². The van der Waals surface area contributed by atoms with E-state index in [9.17, 15) is 0 Å². The van der Waals surface area contributed by atoms with Crippen molar-refractivity contribution in [3.63, 3.8) is 0 Å². The Hall–Kier alpha value is -1.25.